The minimum Gasteiger partial charge on any atom is -0.309 e. The van der Waals surface area contributed by atoms with Gasteiger partial charge in [0.05, 0.1) is 18.7 Å². The minimum atomic E-state index is -4.83. The highest BCUT2D eigenvalue weighted by molar-refractivity contribution is 7.80. The molecule has 3 saturated heterocycles. The molecule has 3 aliphatic heterocycles. The van der Waals surface area contributed by atoms with Crippen LogP contribution in [0.15, 0.2) is 6.33 Å². The van der Waals surface area contributed by atoms with E-state index in [0.29, 0.717) is 24.4 Å². The number of nitrogens with zero attached hydrogens (tertiary/aromatic N) is 6. The van der Waals surface area contributed by atoms with E-state index in [-0.39, 0.29) is 25.2 Å². The molecule has 3 amide bonds. The second kappa shape index (κ2) is 7.79. The summed E-state index contributed by atoms with van der Waals surface area (Å²) >= 11 is 0. The number of tetrazole rings is 1. The van der Waals surface area contributed by atoms with E-state index in [2.05, 4.69) is 30.6 Å². The van der Waals surface area contributed by atoms with Gasteiger partial charge < -0.3 is 10.2 Å². The van der Waals surface area contributed by atoms with Crippen LogP contribution in [0.2, 0.25) is 0 Å². The van der Waals surface area contributed by atoms with E-state index in [1.54, 1.807) is 4.68 Å². The van der Waals surface area contributed by atoms with Gasteiger partial charge in [0.15, 0.2) is 0 Å². The molecule has 0 radical (unpaired) electrons. The van der Waals surface area contributed by atoms with Gasteiger partial charge in [-0.15, -0.1) is 9.38 Å². The number of carbonyl (C=O) groups excluding carboxylic acids is 2. The van der Waals surface area contributed by atoms with Gasteiger partial charge in [0.1, 0.15) is 12.4 Å². The summed E-state index contributed by atoms with van der Waals surface area (Å²) < 4.78 is 36.6. The highest BCUT2D eigenvalue weighted by Gasteiger charge is 2.49. The Morgan fingerprint density at radius 2 is 2.21 bits per heavy atom. The van der Waals surface area contributed by atoms with Crippen LogP contribution in [0.25, 0.3) is 0 Å². The predicted octanol–water partition coefficient (Wildman–Crippen LogP) is -2.37. The topological polar surface area (TPSA) is 181 Å². The molecular formula is C13H20N8O7S. The van der Waals surface area contributed by atoms with Crippen molar-refractivity contribution in [3.05, 3.63) is 6.33 Å². The number of amides is 3. The molecule has 3 N–H and O–H groups in total. The lowest BCUT2D eigenvalue weighted by atomic mass is 10.0. The maximum absolute atomic E-state index is 12.4. The third-order valence-corrected chi connectivity index (χ3v) is 5.54. The first-order valence-corrected chi connectivity index (χ1v) is 10.3. The second-order valence-corrected chi connectivity index (χ2v) is 8.08. The first-order valence-electron chi connectivity index (χ1n) is 8.96. The zero-order valence-corrected chi connectivity index (χ0v) is 15.9. The van der Waals surface area contributed by atoms with Crippen molar-refractivity contribution in [2.24, 2.45) is 0 Å². The van der Waals surface area contributed by atoms with E-state index in [0.717, 1.165) is 6.42 Å². The van der Waals surface area contributed by atoms with Gasteiger partial charge in [-0.05, 0) is 29.7 Å². The van der Waals surface area contributed by atoms with Gasteiger partial charge in [-0.1, -0.05) is 0 Å². The van der Waals surface area contributed by atoms with Crippen molar-refractivity contribution in [1.82, 2.24) is 41.0 Å². The number of nitrogens with one attached hydrogen (secondary N) is 2. The number of rotatable bonds is 7. The summed E-state index contributed by atoms with van der Waals surface area (Å²) in [7, 11) is -4.83. The Morgan fingerprint density at radius 1 is 1.38 bits per heavy atom. The van der Waals surface area contributed by atoms with Crippen LogP contribution < -0.4 is 10.8 Å². The molecule has 29 heavy (non-hydrogen) atoms. The summed E-state index contributed by atoms with van der Waals surface area (Å²) in [6, 6.07) is -2.08. The molecule has 0 saturated carbocycles. The van der Waals surface area contributed by atoms with Gasteiger partial charge in [-0.3, -0.25) is 14.2 Å². The average molecular weight is 432 g/mol. The molecule has 1 aromatic heterocycles. The fourth-order valence-electron chi connectivity index (χ4n) is 3.85. The zero-order valence-electron chi connectivity index (χ0n) is 15.1. The highest BCUT2D eigenvalue weighted by atomic mass is 32.3. The Bertz CT molecular complexity index is 865. The standard InChI is InChI=1S/C13H20N8O7S/c22-12(16-27-6-8-3-10(4-14-8)20-7-15-17-18-20)11-2-1-9-5-19(11)13(23)21(9)28-29(24,25)26/h7-11,14H,1-6H2,(H,16,22)(H,24,25,26)/t8-,9?,10+,11?/m0/s1. The Kier molecular flexibility index (Phi) is 5.34. The van der Waals surface area contributed by atoms with E-state index in [1.807, 2.05) is 0 Å². The van der Waals surface area contributed by atoms with Crippen molar-refractivity contribution in [1.29, 1.82) is 0 Å². The normalized spacial score (nSPS) is 29.5. The lowest BCUT2D eigenvalue weighted by molar-refractivity contribution is -0.139. The summed E-state index contributed by atoms with van der Waals surface area (Å²) in [5, 5.41) is 14.9. The predicted molar refractivity (Wildman–Crippen MR) is 90.7 cm³/mol. The number of fused-ring (bicyclic) bond motifs is 2. The van der Waals surface area contributed by atoms with Crippen molar-refractivity contribution in [2.75, 3.05) is 19.7 Å². The molecule has 160 valence electrons. The van der Waals surface area contributed by atoms with Gasteiger partial charge in [-0.2, -0.15) is 13.5 Å². The molecule has 0 aliphatic carbocycles. The molecule has 4 heterocycles. The van der Waals surface area contributed by atoms with Crippen molar-refractivity contribution < 1.29 is 31.7 Å². The van der Waals surface area contributed by atoms with Crippen molar-refractivity contribution in [3.8, 4) is 0 Å². The first-order chi connectivity index (χ1) is 13.8. The number of hydrogen-bond donors (Lipinski definition) is 3. The first kappa shape index (κ1) is 19.9. The van der Waals surface area contributed by atoms with E-state index >= 15 is 0 Å². The number of aromatic nitrogens is 4. The number of carbonyl (C=O) groups is 2. The molecule has 2 bridgehead atoms. The van der Waals surface area contributed by atoms with Crippen molar-refractivity contribution in [2.45, 2.75) is 43.4 Å². The van der Waals surface area contributed by atoms with Crippen LogP contribution in [0.4, 0.5) is 4.79 Å². The van der Waals surface area contributed by atoms with E-state index < -0.39 is 34.4 Å². The largest absolute Gasteiger partial charge is 0.418 e. The molecule has 15 nitrogen and oxygen atoms in total. The number of piperidine rings is 1. The summed E-state index contributed by atoms with van der Waals surface area (Å²) in [6.45, 7) is 0.999. The van der Waals surface area contributed by atoms with E-state index in [9.17, 15) is 18.0 Å². The third-order valence-electron chi connectivity index (χ3n) is 5.20. The SMILES string of the molecule is O=C(NOC[C@@H]1C[C@@H](n2cnnn2)CN1)C1CCC2CN1C(=O)N2OS(=O)(=O)O. The minimum absolute atomic E-state index is 0.00712. The lowest BCUT2D eigenvalue weighted by Gasteiger charge is -2.29. The van der Waals surface area contributed by atoms with Gasteiger partial charge in [0, 0.05) is 19.1 Å². The Labute approximate surface area is 165 Å². The van der Waals surface area contributed by atoms with Crippen LogP contribution in [0, 0.1) is 0 Å². The van der Waals surface area contributed by atoms with Crippen LogP contribution in [-0.4, -0.2) is 92.9 Å². The van der Waals surface area contributed by atoms with Gasteiger partial charge >= 0.3 is 16.4 Å². The molecule has 3 fully saturated rings. The van der Waals surface area contributed by atoms with E-state index in [4.69, 9.17) is 9.39 Å². The molecule has 0 spiro atoms. The molecule has 1 aromatic rings. The highest BCUT2D eigenvalue weighted by Crippen LogP contribution is 2.30. The van der Waals surface area contributed by atoms with Crippen molar-refractivity contribution in [3.63, 3.8) is 0 Å². The monoisotopic (exact) mass is 432 g/mol. The fraction of sp³-hybridized carbons (Fsp3) is 0.769. The zero-order chi connectivity index (χ0) is 20.6. The quantitative estimate of drug-likeness (QED) is 0.309. The van der Waals surface area contributed by atoms with Crippen molar-refractivity contribution >= 4 is 22.3 Å². The molecule has 16 heteroatoms. The second-order valence-electron chi connectivity index (χ2n) is 7.07. The number of hydroxylamine groups is 3. The lowest BCUT2D eigenvalue weighted by Crippen LogP contribution is -2.50. The third kappa shape index (κ3) is 4.30. The van der Waals surface area contributed by atoms with Crippen LogP contribution in [0.1, 0.15) is 25.3 Å². The molecule has 3 aliphatic rings. The molecule has 4 atom stereocenters. The Hall–Kier alpha value is -2.40. The number of hydrogen-bond acceptors (Lipinski definition) is 10. The molecule has 2 unspecified atom stereocenters. The average Bonchev–Trinajstić information content (AvgIpc) is 3.39. The van der Waals surface area contributed by atoms with Crippen LogP contribution in [0.3, 0.4) is 0 Å². The fourth-order valence-corrected chi connectivity index (χ4v) is 4.24. The Balaban J connectivity index is 1.25. The summed E-state index contributed by atoms with van der Waals surface area (Å²) in [4.78, 5) is 31.3. The Morgan fingerprint density at radius 3 is 2.93 bits per heavy atom. The molecular weight excluding hydrogens is 412 g/mol. The maximum atomic E-state index is 12.4. The van der Waals surface area contributed by atoms with Gasteiger partial charge in [-0.25, -0.2) is 15.0 Å². The number of urea groups is 1. The van der Waals surface area contributed by atoms with E-state index in [1.165, 1.54) is 11.2 Å². The van der Waals surface area contributed by atoms with Crippen LogP contribution >= 0.6 is 0 Å². The van der Waals surface area contributed by atoms with Gasteiger partial charge in [0.2, 0.25) is 0 Å². The van der Waals surface area contributed by atoms with Crippen LogP contribution in [-0.2, 0) is 24.3 Å². The molecule has 0 aromatic carbocycles. The summed E-state index contributed by atoms with van der Waals surface area (Å²) in [5.74, 6) is -0.513. The van der Waals surface area contributed by atoms with Crippen LogP contribution in [0.5, 0.6) is 0 Å². The van der Waals surface area contributed by atoms with Gasteiger partial charge in [0.25, 0.3) is 5.91 Å². The smallest absolute Gasteiger partial charge is 0.309 e. The summed E-state index contributed by atoms with van der Waals surface area (Å²) in [5.41, 5.74) is 2.35. The molecule has 4 rings (SSSR count). The summed E-state index contributed by atoms with van der Waals surface area (Å²) in [6.07, 6.45) is 2.90. The maximum Gasteiger partial charge on any atom is 0.418 e.